The van der Waals surface area contributed by atoms with Crippen LogP contribution in [0.3, 0.4) is 0 Å². The van der Waals surface area contributed by atoms with Crippen LogP contribution in [0.2, 0.25) is 0 Å². The zero-order valence-electron chi connectivity index (χ0n) is 15.6. The van der Waals surface area contributed by atoms with E-state index in [0.717, 1.165) is 18.5 Å². The van der Waals surface area contributed by atoms with Crippen LogP contribution in [0.5, 0.6) is 11.5 Å². The number of hydrogen-bond donors (Lipinski definition) is 1. The van der Waals surface area contributed by atoms with Gasteiger partial charge in [-0.3, -0.25) is 4.79 Å². The number of methoxy groups -OCH3 is 2. The van der Waals surface area contributed by atoms with Gasteiger partial charge in [0.15, 0.2) is 0 Å². The van der Waals surface area contributed by atoms with Crippen LogP contribution in [0, 0.1) is 0 Å². The van der Waals surface area contributed by atoms with E-state index < -0.39 is 0 Å². The van der Waals surface area contributed by atoms with E-state index in [2.05, 4.69) is 17.1 Å². The highest BCUT2D eigenvalue weighted by atomic mass is 16.5. The SMILES string of the molecule is COc1cc(/C=C/C(=O)NCCCN2CCCC[C@@H]2C)cc(OC)c1. The van der Waals surface area contributed by atoms with Crippen LogP contribution in [0.4, 0.5) is 0 Å². The maximum absolute atomic E-state index is 12.0. The Kier molecular flexibility index (Phi) is 7.79. The molecule has 0 saturated carbocycles. The Morgan fingerprint density at radius 1 is 1.24 bits per heavy atom. The third kappa shape index (κ3) is 6.42. The van der Waals surface area contributed by atoms with E-state index in [1.807, 2.05) is 12.1 Å². The minimum Gasteiger partial charge on any atom is -0.497 e. The lowest BCUT2D eigenvalue weighted by Gasteiger charge is -2.33. The fraction of sp³-hybridized carbons (Fsp3) is 0.550. The van der Waals surface area contributed by atoms with Crippen molar-refractivity contribution in [2.24, 2.45) is 0 Å². The quantitative estimate of drug-likeness (QED) is 0.580. The van der Waals surface area contributed by atoms with Gasteiger partial charge < -0.3 is 19.7 Å². The summed E-state index contributed by atoms with van der Waals surface area (Å²) in [6, 6.07) is 6.21. The summed E-state index contributed by atoms with van der Waals surface area (Å²) in [7, 11) is 3.22. The Morgan fingerprint density at radius 2 is 1.96 bits per heavy atom. The molecule has 0 bridgehead atoms. The first kappa shape index (κ1) is 19.3. The van der Waals surface area contributed by atoms with Crippen LogP contribution in [0.25, 0.3) is 6.08 Å². The molecule has 0 aromatic heterocycles. The van der Waals surface area contributed by atoms with Gasteiger partial charge in [-0.1, -0.05) is 6.42 Å². The van der Waals surface area contributed by atoms with Crippen molar-refractivity contribution in [1.82, 2.24) is 10.2 Å². The molecule has 1 amide bonds. The van der Waals surface area contributed by atoms with E-state index in [0.29, 0.717) is 24.1 Å². The first-order chi connectivity index (χ1) is 12.1. The highest BCUT2D eigenvalue weighted by Gasteiger charge is 2.17. The van der Waals surface area contributed by atoms with Gasteiger partial charge in [0.2, 0.25) is 5.91 Å². The Morgan fingerprint density at radius 3 is 2.60 bits per heavy atom. The first-order valence-corrected chi connectivity index (χ1v) is 9.05. The van der Waals surface area contributed by atoms with Crippen LogP contribution in [-0.4, -0.2) is 50.7 Å². The largest absolute Gasteiger partial charge is 0.497 e. The van der Waals surface area contributed by atoms with Gasteiger partial charge in [-0.25, -0.2) is 0 Å². The molecule has 1 atom stereocenters. The highest BCUT2D eigenvalue weighted by Crippen LogP contribution is 2.23. The second-order valence-electron chi connectivity index (χ2n) is 6.50. The lowest BCUT2D eigenvalue weighted by molar-refractivity contribution is -0.116. The summed E-state index contributed by atoms with van der Waals surface area (Å²) >= 11 is 0. The number of piperidine rings is 1. The molecule has 5 heteroatoms. The molecule has 1 aliphatic rings. The number of benzene rings is 1. The molecule has 2 rings (SSSR count). The van der Waals surface area contributed by atoms with Gasteiger partial charge in [-0.05, 0) is 56.5 Å². The number of nitrogens with one attached hydrogen (secondary N) is 1. The van der Waals surface area contributed by atoms with Crippen molar-refractivity contribution >= 4 is 12.0 Å². The molecule has 138 valence electrons. The summed E-state index contributed by atoms with van der Waals surface area (Å²) in [6.07, 6.45) is 8.23. The van der Waals surface area contributed by atoms with Gasteiger partial charge in [-0.2, -0.15) is 0 Å². The van der Waals surface area contributed by atoms with Crippen molar-refractivity contribution in [3.63, 3.8) is 0 Å². The van der Waals surface area contributed by atoms with E-state index in [1.54, 1.807) is 32.4 Å². The predicted octanol–water partition coefficient (Wildman–Crippen LogP) is 3.10. The van der Waals surface area contributed by atoms with E-state index in [9.17, 15) is 4.79 Å². The molecule has 1 N–H and O–H groups in total. The monoisotopic (exact) mass is 346 g/mol. The minimum atomic E-state index is -0.0755. The average molecular weight is 346 g/mol. The van der Waals surface area contributed by atoms with Crippen LogP contribution < -0.4 is 14.8 Å². The summed E-state index contributed by atoms with van der Waals surface area (Å²) in [5, 5.41) is 2.95. The molecule has 0 aliphatic carbocycles. The number of carbonyl (C=O) groups is 1. The molecule has 0 radical (unpaired) electrons. The van der Waals surface area contributed by atoms with Gasteiger partial charge in [0.25, 0.3) is 0 Å². The standard InChI is InChI=1S/C20H30N2O3/c1-16-7-4-5-11-22(16)12-6-10-21-20(23)9-8-17-13-18(24-2)15-19(14-17)25-3/h8-9,13-16H,4-7,10-12H2,1-3H3,(H,21,23)/b9-8+/t16-/m0/s1. The van der Waals surface area contributed by atoms with Crippen LogP contribution in [-0.2, 0) is 4.79 Å². The normalized spacial score (nSPS) is 18.3. The molecule has 0 unspecified atom stereocenters. The summed E-state index contributed by atoms with van der Waals surface area (Å²) < 4.78 is 10.5. The zero-order chi connectivity index (χ0) is 18.1. The Balaban J connectivity index is 1.75. The van der Waals surface area contributed by atoms with E-state index in [1.165, 1.54) is 25.8 Å². The van der Waals surface area contributed by atoms with Crippen molar-refractivity contribution in [3.05, 3.63) is 29.8 Å². The second kappa shape index (κ2) is 10.1. The van der Waals surface area contributed by atoms with Gasteiger partial charge in [0.05, 0.1) is 14.2 Å². The van der Waals surface area contributed by atoms with Crippen molar-refractivity contribution in [2.75, 3.05) is 33.9 Å². The molecule has 1 aromatic carbocycles. The molecule has 1 aromatic rings. The van der Waals surface area contributed by atoms with Gasteiger partial charge in [-0.15, -0.1) is 0 Å². The fourth-order valence-corrected chi connectivity index (χ4v) is 3.14. The number of nitrogens with zero attached hydrogens (tertiary/aromatic N) is 1. The van der Waals surface area contributed by atoms with Crippen molar-refractivity contribution in [3.8, 4) is 11.5 Å². The maximum Gasteiger partial charge on any atom is 0.243 e. The molecule has 1 aliphatic heterocycles. The maximum atomic E-state index is 12.0. The summed E-state index contributed by atoms with van der Waals surface area (Å²) in [6.45, 7) is 5.24. The summed E-state index contributed by atoms with van der Waals surface area (Å²) in [5.41, 5.74) is 0.869. The van der Waals surface area contributed by atoms with Crippen LogP contribution >= 0.6 is 0 Å². The Labute approximate surface area is 151 Å². The zero-order valence-corrected chi connectivity index (χ0v) is 15.6. The Bertz CT molecular complexity index is 564. The number of ether oxygens (including phenoxy) is 2. The van der Waals surface area contributed by atoms with E-state index in [4.69, 9.17) is 9.47 Å². The molecule has 1 heterocycles. The molecule has 1 fully saturated rings. The minimum absolute atomic E-state index is 0.0755. The van der Waals surface area contributed by atoms with Crippen LogP contribution in [0.15, 0.2) is 24.3 Å². The van der Waals surface area contributed by atoms with Gasteiger partial charge >= 0.3 is 0 Å². The average Bonchev–Trinajstić information content (AvgIpc) is 2.64. The van der Waals surface area contributed by atoms with Gasteiger partial charge in [0.1, 0.15) is 11.5 Å². The lowest BCUT2D eigenvalue weighted by atomic mass is 10.0. The lowest BCUT2D eigenvalue weighted by Crippen LogP contribution is -2.39. The van der Waals surface area contributed by atoms with E-state index in [-0.39, 0.29) is 5.91 Å². The number of rotatable bonds is 8. The fourth-order valence-electron chi connectivity index (χ4n) is 3.14. The molecular formula is C20H30N2O3. The second-order valence-corrected chi connectivity index (χ2v) is 6.50. The van der Waals surface area contributed by atoms with Gasteiger partial charge in [0, 0.05) is 31.3 Å². The highest BCUT2D eigenvalue weighted by molar-refractivity contribution is 5.91. The smallest absolute Gasteiger partial charge is 0.243 e. The summed E-state index contributed by atoms with van der Waals surface area (Å²) in [5.74, 6) is 1.33. The molecule has 5 nitrogen and oxygen atoms in total. The molecule has 25 heavy (non-hydrogen) atoms. The third-order valence-electron chi connectivity index (χ3n) is 4.66. The molecule has 1 saturated heterocycles. The number of likely N-dealkylation sites (tertiary alicyclic amines) is 1. The predicted molar refractivity (Wildman–Crippen MR) is 101 cm³/mol. The van der Waals surface area contributed by atoms with E-state index >= 15 is 0 Å². The Hall–Kier alpha value is -2.01. The van der Waals surface area contributed by atoms with Crippen molar-refractivity contribution < 1.29 is 14.3 Å². The molecule has 0 spiro atoms. The first-order valence-electron chi connectivity index (χ1n) is 9.05. The number of amides is 1. The number of carbonyl (C=O) groups excluding carboxylic acids is 1. The van der Waals surface area contributed by atoms with Crippen molar-refractivity contribution in [2.45, 2.75) is 38.6 Å². The third-order valence-corrected chi connectivity index (χ3v) is 4.66. The number of hydrogen-bond acceptors (Lipinski definition) is 4. The topological polar surface area (TPSA) is 50.8 Å². The molecular weight excluding hydrogens is 316 g/mol. The van der Waals surface area contributed by atoms with Crippen LogP contribution in [0.1, 0.15) is 38.2 Å². The summed E-state index contributed by atoms with van der Waals surface area (Å²) in [4.78, 5) is 14.5. The van der Waals surface area contributed by atoms with Crippen molar-refractivity contribution in [1.29, 1.82) is 0 Å².